The van der Waals surface area contributed by atoms with Crippen molar-refractivity contribution >= 4 is 0 Å². The molecule has 0 heterocycles. The number of hydrogen-bond acceptors (Lipinski definition) is 2. The smallest absolute Gasteiger partial charge is 0.0577 e. The Morgan fingerprint density at radius 2 is 1.76 bits per heavy atom. The average Bonchev–Trinajstić information content (AvgIpc) is 3.03. The van der Waals surface area contributed by atoms with Crippen LogP contribution in [0.1, 0.15) is 98.8 Å². The van der Waals surface area contributed by atoms with Crippen molar-refractivity contribution in [2.45, 2.75) is 111 Å². The first kappa shape index (κ1) is 21.9. The first-order valence-corrected chi connectivity index (χ1v) is 12.7. The highest BCUT2D eigenvalue weighted by Crippen LogP contribution is 2.67. The van der Waals surface area contributed by atoms with Gasteiger partial charge in [0.05, 0.1) is 12.2 Å². The van der Waals surface area contributed by atoms with Gasteiger partial charge in [0, 0.05) is 0 Å². The molecule has 0 aromatic heterocycles. The molecule has 4 rings (SSSR count). The fourth-order valence-corrected chi connectivity index (χ4v) is 8.58. The number of rotatable bonds is 5. The van der Waals surface area contributed by atoms with Crippen molar-refractivity contribution in [2.24, 2.45) is 46.3 Å². The lowest BCUT2D eigenvalue weighted by Gasteiger charge is -2.58. The fourth-order valence-electron chi connectivity index (χ4n) is 8.58. The summed E-state index contributed by atoms with van der Waals surface area (Å²) in [4.78, 5) is 0. The van der Waals surface area contributed by atoms with Gasteiger partial charge < -0.3 is 10.2 Å². The Hall–Kier alpha value is -0.340. The summed E-state index contributed by atoms with van der Waals surface area (Å²) >= 11 is 0. The van der Waals surface area contributed by atoms with Crippen molar-refractivity contribution in [1.29, 1.82) is 0 Å². The number of aliphatic hydroxyl groups is 2. The van der Waals surface area contributed by atoms with E-state index in [1.807, 2.05) is 0 Å². The third-order valence-corrected chi connectivity index (χ3v) is 10.4. The van der Waals surface area contributed by atoms with Crippen molar-refractivity contribution in [3.63, 3.8) is 0 Å². The molecule has 0 aromatic carbocycles. The lowest BCUT2D eigenvalue weighted by molar-refractivity contribution is -0.0681. The van der Waals surface area contributed by atoms with Crippen LogP contribution in [0.25, 0.3) is 0 Å². The minimum Gasteiger partial charge on any atom is -0.393 e. The van der Waals surface area contributed by atoms with Gasteiger partial charge in [-0.25, -0.2) is 0 Å². The zero-order chi connectivity index (χ0) is 21.0. The van der Waals surface area contributed by atoms with Gasteiger partial charge in [0.2, 0.25) is 0 Å². The summed E-state index contributed by atoms with van der Waals surface area (Å²) < 4.78 is 0. The highest BCUT2D eigenvalue weighted by atomic mass is 16.3. The van der Waals surface area contributed by atoms with E-state index in [0.717, 1.165) is 43.4 Å². The van der Waals surface area contributed by atoms with E-state index in [0.29, 0.717) is 28.6 Å². The van der Waals surface area contributed by atoms with E-state index >= 15 is 0 Å². The third-order valence-electron chi connectivity index (χ3n) is 10.4. The van der Waals surface area contributed by atoms with Crippen LogP contribution < -0.4 is 0 Å². The SMILES string of the molecule is CC(C)CCC(O)C(C)C1CCC2C3CC=C4C[C@@H](O)CC[C@]4(C)C3CC[C@]12C. The molecule has 2 nitrogen and oxygen atoms in total. The molecule has 0 aromatic rings. The predicted octanol–water partition coefficient (Wildman–Crippen LogP) is 6.36. The molecule has 3 fully saturated rings. The summed E-state index contributed by atoms with van der Waals surface area (Å²) in [6.45, 7) is 12.0. The van der Waals surface area contributed by atoms with E-state index in [-0.39, 0.29) is 12.2 Å². The monoisotopic (exact) mass is 402 g/mol. The van der Waals surface area contributed by atoms with E-state index in [1.165, 1.54) is 38.5 Å². The van der Waals surface area contributed by atoms with E-state index in [1.54, 1.807) is 5.57 Å². The molecule has 0 aliphatic heterocycles. The summed E-state index contributed by atoms with van der Waals surface area (Å²) in [6, 6.07) is 0. The van der Waals surface area contributed by atoms with Crippen LogP contribution in [0.2, 0.25) is 0 Å². The molecule has 4 aliphatic rings. The molecule has 0 saturated heterocycles. The van der Waals surface area contributed by atoms with E-state index < -0.39 is 0 Å². The Morgan fingerprint density at radius 3 is 2.48 bits per heavy atom. The lowest BCUT2D eigenvalue weighted by Crippen LogP contribution is -2.51. The Kier molecular flexibility index (Phi) is 6.01. The van der Waals surface area contributed by atoms with Gasteiger partial charge in [-0.05, 0) is 111 Å². The molecule has 29 heavy (non-hydrogen) atoms. The standard InChI is InChI=1S/C27H46O2/c1-17(2)6-11-25(29)18(3)22-9-10-23-21-8-7-19-16-20(28)12-14-26(19,4)24(21)13-15-27(22,23)5/h7,17-18,20-25,28-29H,6,8-16H2,1-5H3/t18?,20-,21?,22?,23?,24?,25?,26-,27+/m0/s1. The predicted molar refractivity (Wildman–Crippen MR) is 120 cm³/mol. The van der Waals surface area contributed by atoms with Crippen molar-refractivity contribution in [2.75, 3.05) is 0 Å². The van der Waals surface area contributed by atoms with Crippen LogP contribution in [-0.4, -0.2) is 22.4 Å². The van der Waals surface area contributed by atoms with Crippen molar-refractivity contribution in [3.05, 3.63) is 11.6 Å². The first-order chi connectivity index (χ1) is 13.7. The van der Waals surface area contributed by atoms with Gasteiger partial charge in [-0.1, -0.05) is 46.3 Å². The number of aliphatic hydroxyl groups excluding tert-OH is 2. The topological polar surface area (TPSA) is 40.5 Å². The maximum atomic E-state index is 11.0. The molecule has 9 atom stereocenters. The zero-order valence-corrected chi connectivity index (χ0v) is 19.7. The minimum atomic E-state index is -0.133. The van der Waals surface area contributed by atoms with Crippen LogP contribution in [0.5, 0.6) is 0 Å². The van der Waals surface area contributed by atoms with Crippen LogP contribution in [0.3, 0.4) is 0 Å². The molecule has 4 aliphatic carbocycles. The minimum absolute atomic E-state index is 0.108. The van der Waals surface area contributed by atoms with Crippen molar-refractivity contribution in [1.82, 2.24) is 0 Å². The number of hydrogen-bond donors (Lipinski definition) is 2. The van der Waals surface area contributed by atoms with Gasteiger partial charge in [-0.3, -0.25) is 0 Å². The second-order valence-corrected chi connectivity index (χ2v) is 12.3. The van der Waals surface area contributed by atoms with Crippen molar-refractivity contribution in [3.8, 4) is 0 Å². The normalized spacial score (nSPS) is 46.5. The fraction of sp³-hybridized carbons (Fsp3) is 0.926. The lowest BCUT2D eigenvalue weighted by atomic mass is 9.47. The summed E-state index contributed by atoms with van der Waals surface area (Å²) in [5.74, 6) is 4.25. The van der Waals surface area contributed by atoms with Gasteiger partial charge >= 0.3 is 0 Å². The quantitative estimate of drug-likeness (QED) is 0.525. The van der Waals surface area contributed by atoms with Crippen molar-refractivity contribution < 1.29 is 10.2 Å². The number of allylic oxidation sites excluding steroid dienone is 1. The Labute approximate surface area is 179 Å². The largest absolute Gasteiger partial charge is 0.393 e. The van der Waals surface area contributed by atoms with Crippen LogP contribution >= 0.6 is 0 Å². The van der Waals surface area contributed by atoms with Gasteiger partial charge in [-0.2, -0.15) is 0 Å². The van der Waals surface area contributed by atoms with Crippen LogP contribution in [0.4, 0.5) is 0 Å². The number of fused-ring (bicyclic) bond motifs is 5. The molecule has 6 unspecified atom stereocenters. The highest BCUT2D eigenvalue weighted by molar-refractivity contribution is 5.25. The molecule has 0 amide bonds. The van der Waals surface area contributed by atoms with Crippen LogP contribution in [0.15, 0.2) is 11.6 Å². The molecule has 3 saturated carbocycles. The maximum absolute atomic E-state index is 11.0. The van der Waals surface area contributed by atoms with E-state index in [2.05, 4.69) is 40.7 Å². The van der Waals surface area contributed by atoms with E-state index in [9.17, 15) is 10.2 Å². The van der Waals surface area contributed by atoms with Crippen LogP contribution in [-0.2, 0) is 0 Å². The molecule has 0 radical (unpaired) electrons. The second-order valence-electron chi connectivity index (χ2n) is 12.3. The molecule has 166 valence electrons. The molecule has 0 spiro atoms. The summed E-state index contributed by atoms with van der Waals surface area (Å²) in [5, 5.41) is 21.2. The van der Waals surface area contributed by atoms with Gasteiger partial charge in [0.15, 0.2) is 0 Å². The second kappa shape index (κ2) is 7.97. The molecule has 2 heteroatoms. The Morgan fingerprint density at radius 1 is 1.00 bits per heavy atom. The Balaban J connectivity index is 1.51. The van der Waals surface area contributed by atoms with E-state index in [4.69, 9.17) is 0 Å². The molecular formula is C27H46O2. The average molecular weight is 403 g/mol. The first-order valence-electron chi connectivity index (χ1n) is 12.7. The van der Waals surface area contributed by atoms with Gasteiger partial charge in [0.1, 0.15) is 0 Å². The highest BCUT2D eigenvalue weighted by Gasteiger charge is 2.59. The summed E-state index contributed by atoms with van der Waals surface area (Å²) in [7, 11) is 0. The molecular weight excluding hydrogens is 356 g/mol. The van der Waals surface area contributed by atoms with Crippen LogP contribution in [0, 0.1) is 46.3 Å². The summed E-state index contributed by atoms with van der Waals surface area (Å²) in [6.07, 6.45) is 14.1. The van der Waals surface area contributed by atoms with Gasteiger partial charge in [0.25, 0.3) is 0 Å². The maximum Gasteiger partial charge on any atom is 0.0577 e. The molecule has 0 bridgehead atoms. The Bertz CT molecular complexity index is 624. The zero-order valence-electron chi connectivity index (χ0n) is 19.7. The summed E-state index contributed by atoms with van der Waals surface area (Å²) in [5.41, 5.74) is 2.33. The van der Waals surface area contributed by atoms with Gasteiger partial charge in [-0.15, -0.1) is 0 Å². The third kappa shape index (κ3) is 3.65. The molecule has 2 N–H and O–H groups in total.